The van der Waals surface area contributed by atoms with Gasteiger partial charge in [0.15, 0.2) is 11.2 Å². The van der Waals surface area contributed by atoms with Crippen LogP contribution in [0.4, 0.5) is 0 Å². The lowest BCUT2D eigenvalue weighted by Crippen LogP contribution is -1.78. The first-order valence-electron chi connectivity index (χ1n) is 8.67. The van der Waals surface area contributed by atoms with Crippen LogP contribution in [0.5, 0.6) is 0 Å². The van der Waals surface area contributed by atoms with Crippen LogP contribution in [0, 0.1) is 0 Å². The molecule has 0 spiro atoms. The SMILES string of the molecule is Clc1cccc2c1oc1ccc3nc(-c4ccc5ccccc5c4)oc3c12. The number of fused-ring (bicyclic) bond motifs is 6. The molecule has 0 saturated carbocycles. The molecule has 0 fully saturated rings. The molecule has 0 amide bonds. The lowest BCUT2D eigenvalue weighted by Gasteiger charge is -1.99. The van der Waals surface area contributed by atoms with Gasteiger partial charge in [0.1, 0.15) is 11.1 Å². The molecule has 0 aliphatic rings. The Bertz CT molecular complexity index is 1490. The van der Waals surface area contributed by atoms with Crippen molar-refractivity contribution in [2.75, 3.05) is 0 Å². The van der Waals surface area contributed by atoms with Crippen LogP contribution in [0.25, 0.3) is 55.3 Å². The van der Waals surface area contributed by atoms with E-state index in [0.29, 0.717) is 16.5 Å². The summed E-state index contributed by atoms with van der Waals surface area (Å²) in [7, 11) is 0. The van der Waals surface area contributed by atoms with E-state index >= 15 is 0 Å². The fraction of sp³-hybridized carbons (Fsp3) is 0. The largest absolute Gasteiger partial charge is 0.454 e. The van der Waals surface area contributed by atoms with Crippen LogP contribution in [-0.4, -0.2) is 4.98 Å². The molecule has 3 nitrogen and oxygen atoms in total. The highest BCUT2D eigenvalue weighted by atomic mass is 35.5. The fourth-order valence-corrected chi connectivity index (χ4v) is 3.89. The maximum Gasteiger partial charge on any atom is 0.227 e. The number of para-hydroxylation sites is 1. The van der Waals surface area contributed by atoms with Gasteiger partial charge >= 0.3 is 0 Å². The molecular weight excluding hydrogens is 358 g/mol. The van der Waals surface area contributed by atoms with E-state index in [1.165, 1.54) is 5.39 Å². The summed E-state index contributed by atoms with van der Waals surface area (Å²) in [4.78, 5) is 4.71. The van der Waals surface area contributed by atoms with Crippen LogP contribution in [0.1, 0.15) is 0 Å². The van der Waals surface area contributed by atoms with Gasteiger partial charge in [0.2, 0.25) is 5.89 Å². The van der Waals surface area contributed by atoms with Crippen LogP contribution in [0.2, 0.25) is 5.02 Å². The zero-order valence-electron chi connectivity index (χ0n) is 14.1. The van der Waals surface area contributed by atoms with Crippen molar-refractivity contribution in [2.45, 2.75) is 0 Å². The summed E-state index contributed by atoms with van der Waals surface area (Å²) >= 11 is 6.30. The molecule has 0 atom stereocenters. The molecule has 6 rings (SSSR count). The van der Waals surface area contributed by atoms with E-state index in [-0.39, 0.29) is 0 Å². The Hall–Kier alpha value is -3.30. The van der Waals surface area contributed by atoms with Crippen molar-refractivity contribution >= 4 is 55.4 Å². The van der Waals surface area contributed by atoms with Gasteiger partial charge in [-0.05, 0) is 41.1 Å². The van der Waals surface area contributed by atoms with Crippen LogP contribution in [0.15, 0.2) is 81.6 Å². The fourth-order valence-electron chi connectivity index (χ4n) is 3.68. The summed E-state index contributed by atoms with van der Waals surface area (Å²) in [5, 5.41) is 4.78. The van der Waals surface area contributed by atoms with Crippen molar-refractivity contribution in [2.24, 2.45) is 0 Å². The maximum atomic E-state index is 6.30. The molecule has 4 heteroatoms. The minimum absolute atomic E-state index is 0.589. The van der Waals surface area contributed by atoms with Gasteiger partial charge in [-0.2, -0.15) is 0 Å². The highest BCUT2D eigenvalue weighted by Crippen LogP contribution is 2.39. The second kappa shape index (κ2) is 5.35. The summed E-state index contributed by atoms with van der Waals surface area (Å²) in [6.07, 6.45) is 0. The molecule has 4 aromatic carbocycles. The number of hydrogen-bond acceptors (Lipinski definition) is 3. The van der Waals surface area contributed by atoms with Crippen molar-refractivity contribution in [3.05, 3.63) is 77.8 Å². The van der Waals surface area contributed by atoms with Crippen molar-refractivity contribution in [3.63, 3.8) is 0 Å². The quantitative estimate of drug-likeness (QED) is 0.307. The number of rotatable bonds is 1. The summed E-state index contributed by atoms with van der Waals surface area (Å²) in [5.41, 5.74) is 3.88. The van der Waals surface area contributed by atoms with Crippen molar-refractivity contribution in [3.8, 4) is 11.5 Å². The number of oxazole rings is 1. The van der Waals surface area contributed by atoms with Crippen LogP contribution >= 0.6 is 11.6 Å². The first-order chi connectivity index (χ1) is 13.3. The molecule has 0 saturated heterocycles. The highest BCUT2D eigenvalue weighted by molar-refractivity contribution is 6.36. The predicted molar refractivity (Wildman–Crippen MR) is 109 cm³/mol. The number of nitrogens with zero attached hydrogens (tertiary/aromatic N) is 1. The molecule has 0 N–H and O–H groups in total. The van der Waals surface area contributed by atoms with Gasteiger partial charge in [0, 0.05) is 10.9 Å². The number of hydrogen-bond donors (Lipinski definition) is 0. The molecule has 2 aromatic heterocycles. The smallest absolute Gasteiger partial charge is 0.227 e. The van der Waals surface area contributed by atoms with E-state index in [1.54, 1.807) is 0 Å². The van der Waals surface area contributed by atoms with E-state index in [0.717, 1.165) is 38.4 Å². The average molecular weight is 370 g/mol. The third-order valence-electron chi connectivity index (χ3n) is 4.96. The van der Waals surface area contributed by atoms with E-state index in [4.69, 9.17) is 25.4 Å². The Balaban J connectivity index is 1.65. The van der Waals surface area contributed by atoms with E-state index in [9.17, 15) is 0 Å². The Morgan fingerprint density at radius 2 is 1.63 bits per heavy atom. The van der Waals surface area contributed by atoms with Crippen LogP contribution in [0.3, 0.4) is 0 Å². The standard InChI is InChI=1S/C23H12ClNO2/c24-17-7-3-6-16-20-19(26-21(16)17)11-10-18-22(20)27-23(25-18)15-9-8-13-4-1-2-5-14(13)12-15/h1-12H. The van der Waals surface area contributed by atoms with Crippen LogP contribution in [-0.2, 0) is 0 Å². The van der Waals surface area contributed by atoms with Gasteiger partial charge in [0.05, 0.1) is 10.4 Å². The van der Waals surface area contributed by atoms with Gasteiger partial charge in [-0.15, -0.1) is 0 Å². The lowest BCUT2D eigenvalue weighted by atomic mass is 10.1. The molecule has 0 unspecified atom stereocenters. The first kappa shape index (κ1) is 14.8. The van der Waals surface area contributed by atoms with Crippen LogP contribution < -0.4 is 0 Å². The van der Waals surface area contributed by atoms with E-state index in [2.05, 4.69) is 24.3 Å². The molecule has 0 aliphatic carbocycles. The minimum atomic E-state index is 0.589. The van der Waals surface area contributed by atoms with Crippen molar-refractivity contribution in [1.29, 1.82) is 0 Å². The molecule has 0 aliphatic heterocycles. The second-order valence-corrected chi connectivity index (χ2v) is 6.99. The Labute approximate surface area is 158 Å². The number of furan rings is 1. The maximum absolute atomic E-state index is 6.30. The topological polar surface area (TPSA) is 39.2 Å². The molecule has 27 heavy (non-hydrogen) atoms. The molecule has 6 aromatic rings. The first-order valence-corrected chi connectivity index (χ1v) is 9.05. The Kier molecular flexibility index (Phi) is 2.94. The molecular formula is C23H12ClNO2. The van der Waals surface area contributed by atoms with E-state index in [1.807, 2.05) is 48.5 Å². The van der Waals surface area contributed by atoms with Crippen molar-refractivity contribution in [1.82, 2.24) is 4.98 Å². The number of aromatic nitrogens is 1. The Morgan fingerprint density at radius 3 is 2.56 bits per heavy atom. The number of benzene rings is 4. The summed E-state index contributed by atoms with van der Waals surface area (Å²) < 4.78 is 12.2. The minimum Gasteiger partial charge on any atom is -0.454 e. The lowest BCUT2D eigenvalue weighted by molar-refractivity contribution is 0.622. The number of halogens is 1. The normalized spacial score (nSPS) is 11.9. The van der Waals surface area contributed by atoms with E-state index < -0.39 is 0 Å². The van der Waals surface area contributed by atoms with Gasteiger partial charge in [-0.3, -0.25) is 0 Å². The zero-order chi connectivity index (χ0) is 18.0. The molecule has 0 bridgehead atoms. The Morgan fingerprint density at radius 1 is 0.741 bits per heavy atom. The average Bonchev–Trinajstić information content (AvgIpc) is 3.29. The molecule has 2 heterocycles. The predicted octanol–water partition coefficient (Wildman–Crippen LogP) is 7.20. The van der Waals surface area contributed by atoms with Crippen molar-refractivity contribution < 1.29 is 8.83 Å². The summed E-state index contributed by atoms with van der Waals surface area (Å²) in [5.74, 6) is 0.597. The summed E-state index contributed by atoms with van der Waals surface area (Å²) in [6.45, 7) is 0. The zero-order valence-corrected chi connectivity index (χ0v) is 14.8. The van der Waals surface area contributed by atoms with Gasteiger partial charge in [0.25, 0.3) is 0 Å². The monoisotopic (exact) mass is 369 g/mol. The third kappa shape index (κ3) is 2.12. The highest BCUT2D eigenvalue weighted by Gasteiger charge is 2.17. The van der Waals surface area contributed by atoms with Gasteiger partial charge < -0.3 is 8.83 Å². The van der Waals surface area contributed by atoms with Gasteiger partial charge in [-0.1, -0.05) is 54.1 Å². The molecule has 0 radical (unpaired) electrons. The molecule has 128 valence electrons. The third-order valence-corrected chi connectivity index (χ3v) is 5.26. The second-order valence-electron chi connectivity index (χ2n) is 6.59. The summed E-state index contributed by atoms with van der Waals surface area (Å²) in [6, 6.07) is 24.0. The van der Waals surface area contributed by atoms with Gasteiger partial charge in [-0.25, -0.2) is 4.98 Å².